The highest BCUT2D eigenvalue weighted by molar-refractivity contribution is 6.13. The molecule has 1 aromatic carbocycles. The summed E-state index contributed by atoms with van der Waals surface area (Å²) >= 11 is 0. The van der Waals surface area contributed by atoms with Crippen molar-refractivity contribution < 1.29 is 13.9 Å². The lowest BCUT2D eigenvalue weighted by Crippen LogP contribution is -2.38. The van der Waals surface area contributed by atoms with Crippen LogP contribution in [-0.2, 0) is 0 Å². The zero-order valence-corrected chi connectivity index (χ0v) is 13.0. The molecule has 1 aliphatic rings. The van der Waals surface area contributed by atoms with Gasteiger partial charge in [0.1, 0.15) is 18.1 Å². The van der Waals surface area contributed by atoms with Crippen molar-refractivity contribution in [3.8, 4) is 5.88 Å². The minimum atomic E-state index is -0.464. The second-order valence-electron chi connectivity index (χ2n) is 5.61. The number of anilines is 1. The van der Waals surface area contributed by atoms with Gasteiger partial charge in [-0.05, 0) is 37.3 Å². The lowest BCUT2D eigenvalue weighted by molar-refractivity contribution is 0.0976. The van der Waals surface area contributed by atoms with Gasteiger partial charge < -0.3 is 4.74 Å². The molecule has 5 nitrogen and oxygen atoms in total. The molecule has 1 amide bonds. The number of hydrogen-bond acceptors (Lipinski definition) is 4. The summed E-state index contributed by atoms with van der Waals surface area (Å²) in [5.41, 5.74) is 2.11. The van der Waals surface area contributed by atoms with E-state index in [0.29, 0.717) is 35.6 Å². The number of ether oxygens (including phenoxy) is 1. The van der Waals surface area contributed by atoms with Gasteiger partial charge in [-0.25, -0.2) is 9.37 Å². The Balaban J connectivity index is 1.84. The van der Waals surface area contributed by atoms with E-state index >= 15 is 0 Å². The summed E-state index contributed by atoms with van der Waals surface area (Å²) in [5.74, 6) is -0.356. The van der Waals surface area contributed by atoms with Gasteiger partial charge >= 0.3 is 0 Å². The first kappa shape index (κ1) is 14.6. The lowest BCUT2D eigenvalue weighted by Gasteiger charge is -2.29. The second kappa shape index (κ2) is 5.56. The van der Waals surface area contributed by atoms with Crippen LogP contribution in [-0.4, -0.2) is 29.0 Å². The molecule has 2 aromatic heterocycles. The van der Waals surface area contributed by atoms with Crippen LogP contribution in [0.25, 0.3) is 10.9 Å². The SMILES string of the molecule is Cc1ccc2c(n1)OCCN2C(=O)c1cc(F)cc2cccnc12. The molecule has 0 bridgehead atoms. The van der Waals surface area contributed by atoms with Gasteiger partial charge in [0, 0.05) is 17.3 Å². The number of aryl methyl sites for hydroxylation is 1. The van der Waals surface area contributed by atoms with E-state index in [4.69, 9.17) is 4.74 Å². The zero-order valence-electron chi connectivity index (χ0n) is 13.0. The average molecular weight is 323 g/mol. The fraction of sp³-hybridized carbons (Fsp3) is 0.167. The molecule has 0 spiro atoms. The van der Waals surface area contributed by atoms with E-state index in [0.717, 1.165) is 5.69 Å². The van der Waals surface area contributed by atoms with Crippen LogP contribution in [0.15, 0.2) is 42.6 Å². The third-order valence-corrected chi connectivity index (χ3v) is 3.97. The highest BCUT2D eigenvalue weighted by Crippen LogP contribution is 2.31. The maximum Gasteiger partial charge on any atom is 0.260 e. The van der Waals surface area contributed by atoms with Gasteiger partial charge in [-0.3, -0.25) is 14.7 Å². The molecule has 3 aromatic rings. The molecule has 6 heteroatoms. The van der Waals surface area contributed by atoms with Crippen LogP contribution in [0.1, 0.15) is 16.1 Å². The lowest BCUT2D eigenvalue weighted by atomic mass is 10.1. The van der Waals surface area contributed by atoms with Crippen LogP contribution in [0.5, 0.6) is 5.88 Å². The molecule has 24 heavy (non-hydrogen) atoms. The first-order chi connectivity index (χ1) is 11.6. The monoisotopic (exact) mass is 323 g/mol. The van der Waals surface area contributed by atoms with E-state index in [1.165, 1.54) is 12.1 Å². The number of amides is 1. The number of aromatic nitrogens is 2. The molecule has 0 N–H and O–H groups in total. The molecule has 0 saturated carbocycles. The van der Waals surface area contributed by atoms with Crippen molar-refractivity contribution in [2.45, 2.75) is 6.92 Å². The Hall–Kier alpha value is -3.02. The summed E-state index contributed by atoms with van der Waals surface area (Å²) in [5, 5.41) is 0.594. The summed E-state index contributed by atoms with van der Waals surface area (Å²) < 4.78 is 19.5. The van der Waals surface area contributed by atoms with Gasteiger partial charge in [0.2, 0.25) is 5.88 Å². The van der Waals surface area contributed by atoms with Crippen LogP contribution in [0.2, 0.25) is 0 Å². The van der Waals surface area contributed by atoms with Crippen LogP contribution >= 0.6 is 0 Å². The molecule has 0 aliphatic carbocycles. The minimum absolute atomic E-state index is 0.235. The molecule has 1 aliphatic heterocycles. The third kappa shape index (κ3) is 2.36. The van der Waals surface area contributed by atoms with Crippen molar-refractivity contribution in [3.05, 3.63) is 59.7 Å². The number of halogens is 1. The average Bonchev–Trinajstić information content (AvgIpc) is 2.59. The molecule has 0 atom stereocenters. The number of fused-ring (bicyclic) bond motifs is 2. The number of carbonyl (C=O) groups is 1. The third-order valence-electron chi connectivity index (χ3n) is 3.97. The number of carbonyl (C=O) groups excluding carboxylic acids is 1. The fourth-order valence-electron chi connectivity index (χ4n) is 2.87. The molecule has 0 saturated heterocycles. The fourth-order valence-corrected chi connectivity index (χ4v) is 2.87. The Morgan fingerprint density at radius 2 is 2.17 bits per heavy atom. The first-order valence-corrected chi connectivity index (χ1v) is 7.60. The predicted octanol–water partition coefficient (Wildman–Crippen LogP) is 3.12. The molecule has 4 rings (SSSR count). The molecule has 120 valence electrons. The molecule has 0 fully saturated rings. The van der Waals surface area contributed by atoms with E-state index in [1.807, 2.05) is 13.0 Å². The second-order valence-corrected chi connectivity index (χ2v) is 5.61. The van der Waals surface area contributed by atoms with Gasteiger partial charge in [-0.15, -0.1) is 0 Å². The standard InChI is InChI=1S/C18H14FN3O2/c1-11-4-5-15-17(21-11)24-8-7-22(15)18(23)14-10-13(19)9-12-3-2-6-20-16(12)14/h2-6,9-10H,7-8H2,1H3. The summed E-state index contributed by atoms with van der Waals surface area (Å²) in [6, 6.07) is 9.66. The number of nitrogens with zero attached hydrogens (tertiary/aromatic N) is 3. The van der Waals surface area contributed by atoms with Gasteiger partial charge in [-0.1, -0.05) is 6.07 Å². The summed E-state index contributed by atoms with van der Waals surface area (Å²) in [4.78, 5) is 23.2. The van der Waals surface area contributed by atoms with Crippen molar-refractivity contribution in [1.82, 2.24) is 9.97 Å². The number of pyridine rings is 2. The van der Waals surface area contributed by atoms with Gasteiger partial charge in [0.05, 0.1) is 17.6 Å². The number of hydrogen-bond donors (Lipinski definition) is 0. The normalized spacial score (nSPS) is 13.5. The van der Waals surface area contributed by atoms with Crippen LogP contribution in [0.4, 0.5) is 10.1 Å². The van der Waals surface area contributed by atoms with Crippen molar-refractivity contribution in [2.75, 3.05) is 18.1 Å². The highest BCUT2D eigenvalue weighted by Gasteiger charge is 2.27. The topological polar surface area (TPSA) is 55.3 Å². The van der Waals surface area contributed by atoms with E-state index in [-0.39, 0.29) is 11.5 Å². The molecular formula is C18H14FN3O2. The Bertz CT molecular complexity index is 958. The number of rotatable bonds is 1. The summed E-state index contributed by atoms with van der Waals surface area (Å²) in [6.45, 7) is 2.58. The van der Waals surface area contributed by atoms with Gasteiger partial charge in [0.15, 0.2) is 0 Å². The van der Waals surface area contributed by atoms with Crippen LogP contribution in [0.3, 0.4) is 0 Å². The summed E-state index contributed by atoms with van der Waals surface area (Å²) in [6.07, 6.45) is 1.59. The zero-order chi connectivity index (χ0) is 16.7. The Morgan fingerprint density at radius 3 is 3.04 bits per heavy atom. The molecule has 0 unspecified atom stereocenters. The van der Waals surface area contributed by atoms with E-state index in [1.54, 1.807) is 29.3 Å². The predicted molar refractivity (Wildman–Crippen MR) is 87.8 cm³/mol. The van der Waals surface area contributed by atoms with Crippen molar-refractivity contribution in [2.24, 2.45) is 0 Å². The maximum atomic E-state index is 13.9. The highest BCUT2D eigenvalue weighted by atomic mass is 19.1. The molecule has 3 heterocycles. The Kier molecular flexibility index (Phi) is 3.37. The van der Waals surface area contributed by atoms with Gasteiger partial charge in [-0.2, -0.15) is 0 Å². The first-order valence-electron chi connectivity index (χ1n) is 7.60. The van der Waals surface area contributed by atoms with E-state index in [9.17, 15) is 9.18 Å². The smallest absolute Gasteiger partial charge is 0.260 e. The van der Waals surface area contributed by atoms with Crippen LogP contribution in [0, 0.1) is 12.7 Å². The Labute approximate surface area is 137 Å². The minimum Gasteiger partial charge on any atom is -0.474 e. The van der Waals surface area contributed by atoms with E-state index < -0.39 is 5.82 Å². The Morgan fingerprint density at radius 1 is 1.29 bits per heavy atom. The summed E-state index contributed by atoms with van der Waals surface area (Å²) in [7, 11) is 0. The van der Waals surface area contributed by atoms with Gasteiger partial charge in [0.25, 0.3) is 5.91 Å². The quantitative estimate of drug-likeness (QED) is 0.690. The van der Waals surface area contributed by atoms with Crippen molar-refractivity contribution in [3.63, 3.8) is 0 Å². The van der Waals surface area contributed by atoms with Crippen molar-refractivity contribution >= 4 is 22.5 Å². The van der Waals surface area contributed by atoms with Crippen molar-refractivity contribution in [1.29, 1.82) is 0 Å². The van der Waals surface area contributed by atoms with Crippen LogP contribution < -0.4 is 9.64 Å². The maximum absolute atomic E-state index is 13.9. The van der Waals surface area contributed by atoms with E-state index in [2.05, 4.69) is 9.97 Å². The number of benzene rings is 1. The molecular weight excluding hydrogens is 309 g/mol. The largest absolute Gasteiger partial charge is 0.474 e. The molecule has 0 radical (unpaired) electrons.